The molecule has 2 aromatic carbocycles. The van der Waals surface area contributed by atoms with Crippen LogP contribution in [0.5, 0.6) is 11.5 Å². The van der Waals surface area contributed by atoms with Gasteiger partial charge in [-0.25, -0.2) is 0 Å². The second-order valence-corrected chi connectivity index (χ2v) is 4.93. The summed E-state index contributed by atoms with van der Waals surface area (Å²) in [6, 6.07) is 9.23. The summed E-state index contributed by atoms with van der Waals surface area (Å²) in [5.74, 6) is -0.213. The highest BCUT2D eigenvalue weighted by Crippen LogP contribution is 2.28. The molecule has 6 heteroatoms. The Balaban J connectivity index is 2.39. The van der Waals surface area contributed by atoms with Crippen molar-refractivity contribution in [3.8, 4) is 11.5 Å². The maximum atomic E-state index is 12.5. The van der Waals surface area contributed by atoms with Crippen molar-refractivity contribution in [2.24, 2.45) is 0 Å². The minimum Gasteiger partial charge on any atom is -0.495 e. The third-order valence-electron chi connectivity index (χ3n) is 2.94. The van der Waals surface area contributed by atoms with Crippen molar-refractivity contribution in [3.63, 3.8) is 0 Å². The quantitative estimate of drug-likeness (QED) is 0.405. The summed E-state index contributed by atoms with van der Waals surface area (Å²) in [5.41, 5.74) is 6.74. The van der Waals surface area contributed by atoms with E-state index in [2.05, 4.69) is 0 Å². The number of anilines is 1. The number of benzene rings is 2. The summed E-state index contributed by atoms with van der Waals surface area (Å²) in [7, 11) is 1.47. The Morgan fingerprint density at radius 2 is 1.64 bits per heavy atom. The van der Waals surface area contributed by atoms with E-state index in [0.717, 1.165) is 0 Å². The topological polar surface area (TPSA) is 78.6 Å². The van der Waals surface area contributed by atoms with Gasteiger partial charge in [-0.3, -0.25) is 9.59 Å². The number of ether oxygens (including phenoxy) is 2. The van der Waals surface area contributed by atoms with E-state index in [1.165, 1.54) is 26.2 Å². The van der Waals surface area contributed by atoms with Gasteiger partial charge in [0.05, 0.1) is 17.8 Å². The molecule has 0 aliphatic rings. The average Bonchev–Trinajstić information content (AvgIpc) is 2.49. The zero-order valence-electron chi connectivity index (χ0n) is 12.1. The van der Waals surface area contributed by atoms with Crippen LogP contribution in [0.4, 0.5) is 5.69 Å². The van der Waals surface area contributed by atoms with Gasteiger partial charge in [-0.15, -0.1) is 0 Å². The molecule has 0 amide bonds. The van der Waals surface area contributed by atoms with Gasteiger partial charge in [0.15, 0.2) is 11.5 Å². The molecular formula is C16H14ClNO4. The summed E-state index contributed by atoms with van der Waals surface area (Å²) in [5, 5.41) is 0.414. The molecule has 0 spiro atoms. The Hall–Kier alpha value is -2.53. The summed E-state index contributed by atoms with van der Waals surface area (Å²) in [6.45, 7) is 1.26. The highest BCUT2D eigenvalue weighted by Gasteiger charge is 2.14. The molecule has 0 heterocycles. The number of hydrogen-bond donors (Lipinski definition) is 1. The molecule has 0 saturated heterocycles. The molecule has 0 bridgehead atoms. The first-order valence-electron chi connectivity index (χ1n) is 6.38. The third-order valence-corrected chi connectivity index (χ3v) is 3.25. The first kappa shape index (κ1) is 15.9. The van der Waals surface area contributed by atoms with E-state index >= 15 is 0 Å². The fourth-order valence-electron chi connectivity index (χ4n) is 1.89. The molecule has 0 atom stereocenters. The Labute approximate surface area is 132 Å². The number of nitrogen functional groups attached to an aromatic ring is 1. The number of esters is 1. The zero-order chi connectivity index (χ0) is 16.3. The third kappa shape index (κ3) is 3.38. The molecule has 0 aliphatic heterocycles. The van der Waals surface area contributed by atoms with Crippen molar-refractivity contribution >= 4 is 29.0 Å². The predicted molar refractivity (Wildman–Crippen MR) is 83.6 cm³/mol. The molecule has 114 valence electrons. The van der Waals surface area contributed by atoms with Gasteiger partial charge in [0.25, 0.3) is 0 Å². The maximum Gasteiger partial charge on any atom is 0.308 e. The van der Waals surface area contributed by atoms with Crippen LogP contribution in [0.25, 0.3) is 0 Å². The maximum absolute atomic E-state index is 12.5. The molecule has 0 unspecified atom stereocenters. The Morgan fingerprint density at radius 3 is 2.23 bits per heavy atom. The van der Waals surface area contributed by atoms with Gasteiger partial charge < -0.3 is 15.2 Å². The van der Waals surface area contributed by atoms with Crippen molar-refractivity contribution < 1.29 is 19.1 Å². The van der Waals surface area contributed by atoms with Crippen molar-refractivity contribution in [2.45, 2.75) is 6.92 Å². The van der Waals surface area contributed by atoms with Gasteiger partial charge in [0.1, 0.15) is 5.75 Å². The smallest absolute Gasteiger partial charge is 0.308 e. The van der Waals surface area contributed by atoms with E-state index in [4.69, 9.17) is 26.8 Å². The monoisotopic (exact) mass is 319 g/mol. The summed E-state index contributed by atoms with van der Waals surface area (Å²) < 4.78 is 10.1. The summed E-state index contributed by atoms with van der Waals surface area (Å²) in [4.78, 5) is 23.5. The lowest BCUT2D eigenvalue weighted by Crippen LogP contribution is -2.07. The molecule has 0 aliphatic carbocycles. The lowest BCUT2D eigenvalue weighted by molar-refractivity contribution is -0.131. The Kier molecular flexibility index (Phi) is 4.68. The van der Waals surface area contributed by atoms with Crippen LogP contribution in [-0.4, -0.2) is 18.9 Å². The van der Waals surface area contributed by atoms with Gasteiger partial charge >= 0.3 is 5.97 Å². The molecule has 2 N–H and O–H groups in total. The standard InChI is InChI=1S/C16H14ClNO4/c1-9(19)22-15-8-11(4-6-13(15)18)16(20)10-3-5-12(17)14(7-10)21-2/h3-8H,18H2,1-2H3. The molecule has 2 aromatic rings. The lowest BCUT2D eigenvalue weighted by Gasteiger charge is -2.09. The Bertz CT molecular complexity index is 743. The minimum atomic E-state index is -0.510. The van der Waals surface area contributed by atoms with Gasteiger partial charge in [-0.05, 0) is 36.4 Å². The fraction of sp³-hybridized carbons (Fsp3) is 0.125. The van der Waals surface area contributed by atoms with Crippen LogP contribution in [0.2, 0.25) is 5.02 Å². The van der Waals surface area contributed by atoms with Crippen molar-refractivity contribution in [2.75, 3.05) is 12.8 Å². The van der Waals surface area contributed by atoms with E-state index in [0.29, 0.717) is 21.9 Å². The van der Waals surface area contributed by atoms with Gasteiger partial charge in [0, 0.05) is 18.1 Å². The fourth-order valence-corrected chi connectivity index (χ4v) is 2.08. The number of ketones is 1. The summed E-state index contributed by atoms with van der Waals surface area (Å²) >= 11 is 5.94. The minimum absolute atomic E-state index is 0.152. The predicted octanol–water partition coefficient (Wildman–Crippen LogP) is 3.09. The van der Waals surface area contributed by atoms with E-state index in [1.54, 1.807) is 24.3 Å². The average molecular weight is 320 g/mol. The molecule has 0 radical (unpaired) electrons. The van der Waals surface area contributed by atoms with Crippen LogP contribution in [-0.2, 0) is 4.79 Å². The SMILES string of the molecule is COc1cc(C(=O)c2ccc(N)c(OC(C)=O)c2)ccc1Cl. The Morgan fingerprint density at radius 1 is 1.05 bits per heavy atom. The molecule has 0 aromatic heterocycles. The molecule has 0 saturated carbocycles. The lowest BCUT2D eigenvalue weighted by atomic mass is 10.0. The van der Waals surface area contributed by atoms with E-state index < -0.39 is 5.97 Å². The molecule has 5 nitrogen and oxygen atoms in total. The van der Waals surface area contributed by atoms with Crippen molar-refractivity contribution in [3.05, 3.63) is 52.5 Å². The number of carbonyl (C=O) groups is 2. The molecule has 0 fully saturated rings. The summed E-state index contributed by atoms with van der Waals surface area (Å²) in [6.07, 6.45) is 0. The second kappa shape index (κ2) is 6.49. The molecule has 22 heavy (non-hydrogen) atoms. The van der Waals surface area contributed by atoms with Crippen LogP contribution >= 0.6 is 11.6 Å². The number of rotatable bonds is 4. The number of halogens is 1. The first-order valence-corrected chi connectivity index (χ1v) is 6.76. The van der Waals surface area contributed by atoms with E-state index in [-0.39, 0.29) is 17.2 Å². The van der Waals surface area contributed by atoms with Gasteiger partial charge in [-0.1, -0.05) is 11.6 Å². The van der Waals surface area contributed by atoms with Gasteiger partial charge in [-0.2, -0.15) is 0 Å². The molecular weight excluding hydrogens is 306 g/mol. The van der Waals surface area contributed by atoms with Crippen LogP contribution in [0.15, 0.2) is 36.4 Å². The van der Waals surface area contributed by atoms with Crippen LogP contribution in [0, 0.1) is 0 Å². The van der Waals surface area contributed by atoms with Crippen LogP contribution in [0.3, 0.4) is 0 Å². The van der Waals surface area contributed by atoms with Crippen LogP contribution in [0.1, 0.15) is 22.8 Å². The molecule has 2 rings (SSSR count). The van der Waals surface area contributed by atoms with Crippen molar-refractivity contribution in [1.29, 1.82) is 0 Å². The highest BCUT2D eigenvalue weighted by molar-refractivity contribution is 6.32. The highest BCUT2D eigenvalue weighted by atomic mass is 35.5. The second-order valence-electron chi connectivity index (χ2n) is 4.52. The normalized spacial score (nSPS) is 10.1. The number of nitrogens with two attached hydrogens (primary N) is 1. The number of methoxy groups -OCH3 is 1. The van der Waals surface area contributed by atoms with Crippen LogP contribution < -0.4 is 15.2 Å². The van der Waals surface area contributed by atoms with E-state index in [9.17, 15) is 9.59 Å². The largest absolute Gasteiger partial charge is 0.495 e. The van der Waals surface area contributed by atoms with Crippen molar-refractivity contribution in [1.82, 2.24) is 0 Å². The van der Waals surface area contributed by atoms with Gasteiger partial charge in [0.2, 0.25) is 0 Å². The number of carbonyl (C=O) groups excluding carboxylic acids is 2. The zero-order valence-corrected chi connectivity index (χ0v) is 12.8. The first-order chi connectivity index (χ1) is 10.4. The number of hydrogen-bond acceptors (Lipinski definition) is 5. The van der Waals surface area contributed by atoms with E-state index in [1.807, 2.05) is 0 Å².